The summed E-state index contributed by atoms with van der Waals surface area (Å²) < 4.78 is 5.07. The zero-order chi connectivity index (χ0) is 15.4. The molecule has 1 aromatic heterocycles. The van der Waals surface area contributed by atoms with Crippen molar-refractivity contribution in [3.05, 3.63) is 78.8 Å². The number of hydrogen-bond donors (Lipinski definition) is 1. The van der Waals surface area contributed by atoms with E-state index in [0.29, 0.717) is 5.76 Å². The highest BCUT2D eigenvalue weighted by Crippen LogP contribution is 2.24. The molecule has 4 nitrogen and oxygen atoms in total. The van der Waals surface area contributed by atoms with Gasteiger partial charge in [-0.15, -0.1) is 0 Å². The van der Waals surface area contributed by atoms with Gasteiger partial charge in [-0.3, -0.25) is 4.79 Å². The molecule has 0 atom stereocenters. The van der Waals surface area contributed by atoms with Gasteiger partial charge < -0.3 is 14.6 Å². The van der Waals surface area contributed by atoms with E-state index in [1.165, 1.54) is 6.26 Å². The summed E-state index contributed by atoms with van der Waals surface area (Å²) in [5, 5.41) is 2.80. The predicted molar refractivity (Wildman–Crippen MR) is 87.6 cm³/mol. The molecule has 0 radical (unpaired) electrons. The zero-order valence-corrected chi connectivity index (χ0v) is 12.2. The first-order valence-electron chi connectivity index (χ1n) is 6.98. The molecule has 0 bridgehead atoms. The molecule has 1 N–H and O–H groups in total. The van der Waals surface area contributed by atoms with Crippen LogP contribution >= 0.6 is 0 Å². The van der Waals surface area contributed by atoms with Crippen molar-refractivity contribution in [1.29, 1.82) is 0 Å². The molecule has 0 aliphatic carbocycles. The summed E-state index contributed by atoms with van der Waals surface area (Å²) in [5.74, 6) is 0.0413. The van der Waals surface area contributed by atoms with Gasteiger partial charge in [0, 0.05) is 24.1 Å². The Morgan fingerprint density at radius 1 is 0.909 bits per heavy atom. The van der Waals surface area contributed by atoms with Crippen LogP contribution in [0.1, 0.15) is 10.6 Å². The molecule has 1 amide bonds. The van der Waals surface area contributed by atoms with E-state index in [2.05, 4.69) is 10.2 Å². The lowest BCUT2D eigenvalue weighted by Crippen LogP contribution is -2.12. The number of carbonyl (C=O) groups excluding carboxylic acids is 1. The maximum absolute atomic E-state index is 11.9. The molecular weight excluding hydrogens is 276 g/mol. The second kappa shape index (κ2) is 6.18. The second-order valence-corrected chi connectivity index (χ2v) is 4.87. The summed E-state index contributed by atoms with van der Waals surface area (Å²) in [6.07, 6.45) is 1.48. The minimum atomic E-state index is -0.255. The summed E-state index contributed by atoms with van der Waals surface area (Å²) in [4.78, 5) is 14.0. The lowest BCUT2D eigenvalue weighted by atomic mass is 10.2. The van der Waals surface area contributed by atoms with Crippen LogP contribution in [0.25, 0.3) is 0 Å². The van der Waals surface area contributed by atoms with Crippen molar-refractivity contribution >= 4 is 23.0 Å². The molecule has 0 saturated heterocycles. The molecule has 0 unspecified atom stereocenters. The van der Waals surface area contributed by atoms with Gasteiger partial charge in [0.25, 0.3) is 5.91 Å². The van der Waals surface area contributed by atoms with Crippen molar-refractivity contribution < 1.29 is 9.21 Å². The largest absolute Gasteiger partial charge is 0.459 e. The van der Waals surface area contributed by atoms with Crippen LogP contribution in [-0.4, -0.2) is 13.0 Å². The van der Waals surface area contributed by atoms with Crippen molar-refractivity contribution in [2.45, 2.75) is 0 Å². The third kappa shape index (κ3) is 3.01. The van der Waals surface area contributed by atoms with Crippen LogP contribution in [-0.2, 0) is 0 Å². The third-order valence-corrected chi connectivity index (χ3v) is 3.40. The average Bonchev–Trinajstić information content (AvgIpc) is 3.10. The Hall–Kier alpha value is -3.01. The van der Waals surface area contributed by atoms with Gasteiger partial charge in [-0.05, 0) is 48.5 Å². The van der Waals surface area contributed by atoms with Gasteiger partial charge in [0.05, 0.1) is 6.26 Å². The maximum Gasteiger partial charge on any atom is 0.291 e. The van der Waals surface area contributed by atoms with Crippen LogP contribution in [0.2, 0.25) is 0 Å². The summed E-state index contributed by atoms with van der Waals surface area (Å²) in [6.45, 7) is 0. The Bertz CT molecular complexity index is 735. The number of benzene rings is 2. The number of nitrogens with one attached hydrogen (secondary N) is 1. The topological polar surface area (TPSA) is 45.5 Å². The zero-order valence-electron chi connectivity index (χ0n) is 12.2. The van der Waals surface area contributed by atoms with E-state index in [9.17, 15) is 4.79 Å². The molecule has 110 valence electrons. The maximum atomic E-state index is 11.9. The molecule has 2 aromatic carbocycles. The molecule has 0 aliphatic heterocycles. The van der Waals surface area contributed by atoms with Gasteiger partial charge in [0.2, 0.25) is 0 Å². The number of carbonyl (C=O) groups is 1. The Balaban J connectivity index is 1.72. The van der Waals surface area contributed by atoms with Crippen LogP contribution < -0.4 is 10.2 Å². The standard InChI is InChI=1S/C18H16N2O2/c1-20(15-6-3-2-4-7-15)16-11-9-14(10-12-16)19-18(21)17-8-5-13-22-17/h2-13H,1H3,(H,19,21). The normalized spacial score (nSPS) is 10.2. The van der Waals surface area contributed by atoms with Crippen LogP contribution in [0.3, 0.4) is 0 Å². The fraction of sp³-hybridized carbons (Fsp3) is 0.0556. The Labute approximate surface area is 129 Å². The minimum absolute atomic E-state index is 0.255. The van der Waals surface area contributed by atoms with Crippen LogP contribution in [0, 0.1) is 0 Å². The number of nitrogens with zero attached hydrogens (tertiary/aromatic N) is 1. The number of hydrogen-bond acceptors (Lipinski definition) is 3. The molecule has 3 aromatic rings. The van der Waals surface area contributed by atoms with Gasteiger partial charge in [-0.1, -0.05) is 18.2 Å². The highest BCUT2D eigenvalue weighted by molar-refractivity contribution is 6.02. The van der Waals surface area contributed by atoms with E-state index in [-0.39, 0.29) is 5.91 Å². The first-order valence-corrected chi connectivity index (χ1v) is 6.98. The van der Waals surface area contributed by atoms with E-state index >= 15 is 0 Å². The number of para-hydroxylation sites is 1. The van der Waals surface area contributed by atoms with E-state index in [0.717, 1.165) is 17.1 Å². The van der Waals surface area contributed by atoms with Gasteiger partial charge >= 0.3 is 0 Å². The molecule has 4 heteroatoms. The fourth-order valence-electron chi connectivity index (χ4n) is 2.17. The van der Waals surface area contributed by atoms with E-state index < -0.39 is 0 Å². The van der Waals surface area contributed by atoms with E-state index in [1.807, 2.05) is 61.6 Å². The second-order valence-electron chi connectivity index (χ2n) is 4.87. The lowest BCUT2D eigenvalue weighted by molar-refractivity contribution is 0.0996. The van der Waals surface area contributed by atoms with Crippen LogP contribution in [0.5, 0.6) is 0 Å². The van der Waals surface area contributed by atoms with Crippen LogP contribution in [0.4, 0.5) is 17.1 Å². The molecule has 3 rings (SSSR count). The summed E-state index contributed by atoms with van der Waals surface area (Å²) in [5.41, 5.74) is 2.88. The molecular formula is C18H16N2O2. The van der Waals surface area contributed by atoms with Gasteiger partial charge in [-0.25, -0.2) is 0 Å². The molecule has 22 heavy (non-hydrogen) atoms. The summed E-state index contributed by atoms with van der Waals surface area (Å²) >= 11 is 0. The fourth-order valence-corrected chi connectivity index (χ4v) is 2.17. The number of anilines is 3. The van der Waals surface area contributed by atoms with Crippen molar-refractivity contribution in [3.63, 3.8) is 0 Å². The van der Waals surface area contributed by atoms with Gasteiger partial charge in [0.1, 0.15) is 0 Å². The molecule has 1 heterocycles. The first kappa shape index (κ1) is 13.9. The minimum Gasteiger partial charge on any atom is -0.459 e. The van der Waals surface area contributed by atoms with Crippen molar-refractivity contribution in [1.82, 2.24) is 0 Å². The quantitative estimate of drug-likeness (QED) is 0.779. The van der Waals surface area contributed by atoms with E-state index in [4.69, 9.17) is 4.42 Å². The average molecular weight is 292 g/mol. The van der Waals surface area contributed by atoms with Gasteiger partial charge in [-0.2, -0.15) is 0 Å². The summed E-state index contributed by atoms with van der Waals surface area (Å²) in [6, 6.07) is 21.1. The van der Waals surface area contributed by atoms with Gasteiger partial charge in [0.15, 0.2) is 5.76 Å². The highest BCUT2D eigenvalue weighted by atomic mass is 16.3. The molecule has 0 spiro atoms. The summed E-state index contributed by atoms with van der Waals surface area (Å²) in [7, 11) is 2.01. The van der Waals surface area contributed by atoms with E-state index in [1.54, 1.807) is 12.1 Å². The van der Waals surface area contributed by atoms with Crippen LogP contribution in [0.15, 0.2) is 77.4 Å². The number of rotatable bonds is 4. The smallest absolute Gasteiger partial charge is 0.291 e. The van der Waals surface area contributed by atoms with Crippen molar-refractivity contribution in [2.24, 2.45) is 0 Å². The SMILES string of the molecule is CN(c1ccccc1)c1ccc(NC(=O)c2ccco2)cc1. The molecule has 0 fully saturated rings. The van der Waals surface area contributed by atoms with Crippen molar-refractivity contribution in [3.8, 4) is 0 Å². The Morgan fingerprint density at radius 3 is 2.23 bits per heavy atom. The number of furan rings is 1. The molecule has 0 aliphatic rings. The highest BCUT2D eigenvalue weighted by Gasteiger charge is 2.09. The molecule has 0 saturated carbocycles. The Morgan fingerprint density at radius 2 is 1.59 bits per heavy atom. The first-order chi connectivity index (χ1) is 10.7. The third-order valence-electron chi connectivity index (χ3n) is 3.40. The monoisotopic (exact) mass is 292 g/mol. The Kier molecular flexibility index (Phi) is 3.92. The lowest BCUT2D eigenvalue weighted by Gasteiger charge is -2.19. The predicted octanol–water partition coefficient (Wildman–Crippen LogP) is 4.30. The van der Waals surface area contributed by atoms with Crippen molar-refractivity contribution in [2.75, 3.05) is 17.3 Å². The number of amides is 1.